The predicted octanol–water partition coefficient (Wildman–Crippen LogP) is 2.19. The first kappa shape index (κ1) is 15.2. The summed E-state index contributed by atoms with van der Waals surface area (Å²) in [4.78, 5) is 21.8. The van der Waals surface area contributed by atoms with Crippen molar-refractivity contribution in [2.24, 2.45) is 5.92 Å². The summed E-state index contributed by atoms with van der Waals surface area (Å²) in [7, 11) is -1.18. The van der Waals surface area contributed by atoms with Gasteiger partial charge in [0, 0.05) is 8.07 Å². The van der Waals surface area contributed by atoms with Crippen LogP contribution in [0.25, 0.3) is 0 Å². The van der Waals surface area contributed by atoms with Gasteiger partial charge in [-0.3, -0.25) is 4.79 Å². The van der Waals surface area contributed by atoms with Crippen LogP contribution in [0.4, 0.5) is 4.79 Å². The Morgan fingerprint density at radius 2 is 1.94 bits per heavy atom. The molecule has 1 atom stereocenters. The zero-order chi connectivity index (χ0) is 12.8. The van der Waals surface area contributed by atoms with Crippen molar-refractivity contribution in [2.45, 2.75) is 45.6 Å². The summed E-state index contributed by atoms with van der Waals surface area (Å²) in [6.07, 6.45) is 1.26. The monoisotopic (exact) mass is 244 g/mol. The maximum absolute atomic E-state index is 11.3. The SMILES string of the molecule is CC(C)[C@@H]([C]=O)NC(=O)OCC[Si](C)(C)C. The van der Waals surface area contributed by atoms with Crippen molar-refractivity contribution >= 4 is 20.5 Å². The molecule has 4 nitrogen and oxygen atoms in total. The molecule has 1 radical (unpaired) electrons. The Hall–Kier alpha value is -0.843. The van der Waals surface area contributed by atoms with Crippen molar-refractivity contribution < 1.29 is 14.3 Å². The summed E-state index contributed by atoms with van der Waals surface area (Å²) in [5.41, 5.74) is 0. The highest BCUT2D eigenvalue weighted by atomic mass is 28.3. The van der Waals surface area contributed by atoms with E-state index in [9.17, 15) is 9.59 Å². The van der Waals surface area contributed by atoms with E-state index in [4.69, 9.17) is 4.74 Å². The van der Waals surface area contributed by atoms with Crippen molar-refractivity contribution in [1.29, 1.82) is 0 Å². The topological polar surface area (TPSA) is 55.4 Å². The van der Waals surface area contributed by atoms with Crippen LogP contribution in [0.2, 0.25) is 25.7 Å². The molecule has 0 unspecified atom stereocenters. The molecule has 0 rings (SSSR count). The van der Waals surface area contributed by atoms with Gasteiger partial charge in [-0.2, -0.15) is 0 Å². The Morgan fingerprint density at radius 3 is 2.31 bits per heavy atom. The summed E-state index contributed by atoms with van der Waals surface area (Å²) in [5, 5.41) is 2.48. The Morgan fingerprint density at radius 1 is 1.38 bits per heavy atom. The molecule has 0 saturated carbocycles. The maximum atomic E-state index is 11.3. The fourth-order valence-corrected chi connectivity index (χ4v) is 1.67. The van der Waals surface area contributed by atoms with Gasteiger partial charge in [0.1, 0.15) is 6.04 Å². The molecular formula is C11H22NO3Si. The van der Waals surface area contributed by atoms with Crippen molar-refractivity contribution in [3.63, 3.8) is 0 Å². The Kier molecular flexibility index (Phi) is 6.33. The minimum absolute atomic E-state index is 0.0297. The van der Waals surface area contributed by atoms with E-state index >= 15 is 0 Å². The lowest BCUT2D eigenvalue weighted by Gasteiger charge is -2.18. The normalized spacial score (nSPS) is 13.4. The van der Waals surface area contributed by atoms with Crippen molar-refractivity contribution in [3.05, 3.63) is 0 Å². The maximum Gasteiger partial charge on any atom is 0.407 e. The third kappa shape index (κ3) is 7.45. The average molecular weight is 244 g/mol. The first-order valence-corrected chi connectivity index (χ1v) is 9.28. The molecule has 0 heterocycles. The van der Waals surface area contributed by atoms with Gasteiger partial charge in [-0.1, -0.05) is 33.5 Å². The fourth-order valence-electron chi connectivity index (χ4n) is 0.951. The molecule has 0 aromatic rings. The van der Waals surface area contributed by atoms with E-state index in [2.05, 4.69) is 25.0 Å². The highest BCUT2D eigenvalue weighted by molar-refractivity contribution is 6.76. The Bertz CT molecular complexity index is 236. The van der Waals surface area contributed by atoms with Crippen molar-refractivity contribution in [2.75, 3.05) is 6.61 Å². The minimum Gasteiger partial charge on any atom is -0.450 e. The molecule has 5 heteroatoms. The molecular weight excluding hydrogens is 222 g/mol. The lowest BCUT2D eigenvalue weighted by Crippen LogP contribution is -2.40. The number of alkyl carbamates (subject to hydrolysis) is 1. The Labute approximate surface area is 98.8 Å². The zero-order valence-corrected chi connectivity index (χ0v) is 11.8. The highest BCUT2D eigenvalue weighted by Crippen LogP contribution is 2.07. The second-order valence-electron chi connectivity index (χ2n) is 5.43. The average Bonchev–Trinajstić information content (AvgIpc) is 2.11. The van der Waals surface area contributed by atoms with E-state index in [1.54, 1.807) is 6.29 Å². The number of carbonyl (C=O) groups is 1. The summed E-state index contributed by atoms with van der Waals surface area (Å²) >= 11 is 0. The lowest BCUT2D eigenvalue weighted by atomic mass is 10.1. The van der Waals surface area contributed by atoms with Crippen LogP contribution in [0.3, 0.4) is 0 Å². The standard InChI is InChI=1S/C11H22NO3Si/c1-9(2)10(8-13)12-11(14)15-6-7-16(3,4)5/h9-10H,6-7H2,1-5H3,(H,12,14)/t10-/m1/s1. The van der Waals surface area contributed by atoms with Crippen LogP contribution in [-0.4, -0.2) is 33.1 Å². The van der Waals surface area contributed by atoms with Gasteiger partial charge in [0.25, 0.3) is 0 Å². The fraction of sp³-hybridized carbons (Fsp3) is 0.818. The lowest BCUT2D eigenvalue weighted by molar-refractivity contribution is 0.148. The van der Waals surface area contributed by atoms with Gasteiger partial charge in [0.05, 0.1) is 6.61 Å². The first-order valence-electron chi connectivity index (χ1n) is 5.57. The smallest absolute Gasteiger partial charge is 0.407 e. The molecule has 1 N–H and O–H groups in total. The summed E-state index contributed by atoms with van der Waals surface area (Å²) in [6.45, 7) is 10.8. The van der Waals surface area contributed by atoms with Gasteiger partial charge in [-0.25, -0.2) is 4.79 Å². The van der Waals surface area contributed by atoms with Crippen LogP contribution in [0.5, 0.6) is 0 Å². The molecule has 16 heavy (non-hydrogen) atoms. The molecule has 1 amide bonds. The molecule has 0 fully saturated rings. The molecule has 0 spiro atoms. The second-order valence-corrected chi connectivity index (χ2v) is 11.1. The number of nitrogens with one attached hydrogen (secondary N) is 1. The summed E-state index contributed by atoms with van der Waals surface area (Å²) in [6, 6.07) is 0.344. The van der Waals surface area contributed by atoms with Crippen LogP contribution < -0.4 is 5.32 Å². The summed E-state index contributed by atoms with van der Waals surface area (Å²) in [5.74, 6) is 0.0297. The van der Waals surface area contributed by atoms with Crippen LogP contribution in [0.15, 0.2) is 0 Å². The van der Waals surface area contributed by atoms with Gasteiger partial charge in [0.2, 0.25) is 6.29 Å². The molecule has 0 saturated heterocycles. The number of hydrogen-bond acceptors (Lipinski definition) is 3. The second kappa shape index (κ2) is 6.68. The van der Waals surface area contributed by atoms with Crippen molar-refractivity contribution in [3.8, 4) is 0 Å². The zero-order valence-electron chi connectivity index (χ0n) is 10.8. The Balaban J connectivity index is 3.86. The van der Waals surface area contributed by atoms with Gasteiger partial charge in [-0.05, 0) is 12.0 Å². The highest BCUT2D eigenvalue weighted by Gasteiger charge is 2.18. The van der Waals surface area contributed by atoms with Gasteiger partial charge < -0.3 is 10.1 Å². The molecule has 0 aromatic carbocycles. The largest absolute Gasteiger partial charge is 0.450 e. The van der Waals surface area contributed by atoms with Gasteiger partial charge in [0.15, 0.2) is 0 Å². The van der Waals surface area contributed by atoms with E-state index in [1.165, 1.54) is 0 Å². The molecule has 0 aliphatic heterocycles. The van der Waals surface area contributed by atoms with Gasteiger partial charge >= 0.3 is 6.09 Å². The molecule has 0 aliphatic rings. The number of amides is 1. The minimum atomic E-state index is -1.18. The van der Waals surface area contributed by atoms with Gasteiger partial charge in [-0.15, -0.1) is 0 Å². The van der Waals surface area contributed by atoms with Crippen LogP contribution in [0.1, 0.15) is 13.8 Å². The van der Waals surface area contributed by atoms with Crippen molar-refractivity contribution in [1.82, 2.24) is 5.32 Å². The van der Waals surface area contributed by atoms with Crippen LogP contribution in [-0.2, 0) is 9.53 Å². The van der Waals surface area contributed by atoms with E-state index in [1.807, 2.05) is 13.8 Å². The van der Waals surface area contributed by atoms with E-state index in [-0.39, 0.29) is 5.92 Å². The molecule has 0 bridgehead atoms. The molecule has 0 aromatic heterocycles. The van der Waals surface area contributed by atoms with E-state index in [0.29, 0.717) is 6.61 Å². The van der Waals surface area contributed by atoms with E-state index < -0.39 is 20.2 Å². The number of carbonyl (C=O) groups excluding carboxylic acids is 2. The predicted molar refractivity (Wildman–Crippen MR) is 67.0 cm³/mol. The molecule has 93 valence electrons. The number of hydrogen-bond donors (Lipinski definition) is 1. The first-order chi connectivity index (χ1) is 7.26. The third-order valence-electron chi connectivity index (χ3n) is 2.15. The number of rotatable bonds is 6. The third-order valence-corrected chi connectivity index (χ3v) is 3.86. The quantitative estimate of drug-likeness (QED) is 0.729. The summed E-state index contributed by atoms with van der Waals surface area (Å²) < 4.78 is 5.01. The molecule has 0 aliphatic carbocycles. The van der Waals surface area contributed by atoms with Crippen LogP contribution >= 0.6 is 0 Å². The van der Waals surface area contributed by atoms with Crippen LogP contribution in [0, 0.1) is 5.92 Å². The van der Waals surface area contributed by atoms with E-state index in [0.717, 1.165) is 6.04 Å². The number of ether oxygens (including phenoxy) is 1.